The van der Waals surface area contributed by atoms with Crippen LogP contribution < -0.4 is 0 Å². The fourth-order valence-corrected chi connectivity index (χ4v) is 2.97. The van der Waals surface area contributed by atoms with E-state index in [2.05, 4.69) is 4.90 Å². The van der Waals surface area contributed by atoms with Crippen molar-refractivity contribution in [1.82, 2.24) is 4.90 Å². The molecular formula is C15H19NO4. The third-order valence-corrected chi connectivity index (χ3v) is 4.16. The van der Waals surface area contributed by atoms with E-state index >= 15 is 0 Å². The van der Waals surface area contributed by atoms with Crippen LogP contribution in [0.2, 0.25) is 0 Å². The van der Waals surface area contributed by atoms with Gasteiger partial charge >= 0.3 is 0 Å². The summed E-state index contributed by atoms with van der Waals surface area (Å²) in [6.07, 6.45) is 2.71. The van der Waals surface area contributed by atoms with Crippen LogP contribution in [0, 0.1) is 5.92 Å². The summed E-state index contributed by atoms with van der Waals surface area (Å²) in [7, 11) is 1.98. The van der Waals surface area contributed by atoms with Crippen LogP contribution in [0.25, 0.3) is 0 Å². The van der Waals surface area contributed by atoms with Crippen molar-refractivity contribution in [2.45, 2.75) is 18.1 Å². The van der Waals surface area contributed by atoms with Crippen LogP contribution in [-0.4, -0.2) is 35.3 Å². The van der Waals surface area contributed by atoms with Crippen molar-refractivity contribution >= 4 is 0 Å². The molecule has 5 heteroatoms. The summed E-state index contributed by atoms with van der Waals surface area (Å²) < 4.78 is 10.7. The van der Waals surface area contributed by atoms with Crippen molar-refractivity contribution in [1.29, 1.82) is 0 Å². The molecule has 1 aliphatic rings. The Balaban J connectivity index is 1.95. The van der Waals surface area contributed by atoms with Crippen molar-refractivity contribution in [2.75, 3.05) is 20.1 Å². The number of hydrogen-bond donors (Lipinski definition) is 2. The van der Waals surface area contributed by atoms with E-state index < -0.39 is 17.6 Å². The maximum atomic E-state index is 11.1. The predicted molar refractivity (Wildman–Crippen MR) is 71.9 cm³/mol. The van der Waals surface area contributed by atoms with Gasteiger partial charge in [0.15, 0.2) is 0 Å². The second kappa shape index (κ2) is 5.09. The summed E-state index contributed by atoms with van der Waals surface area (Å²) in [5, 5.41) is 21.6. The van der Waals surface area contributed by atoms with Crippen molar-refractivity contribution in [3.05, 3.63) is 48.3 Å². The zero-order valence-corrected chi connectivity index (χ0v) is 11.4. The van der Waals surface area contributed by atoms with Crippen molar-refractivity contribution < 1.29 is 19.0 Å². The number of likely N-dealkylation sites (tertiary alicyclic amines) is 1. The Labute approximate surface area is 117 Å². The van der Waals surface area contributed by atoms with Gasteiger partial charge < -0.3 is 23.9 Å². The van der Waals surface area contributed by atoms with E-state index in [1.54, 1.807) is 30.5 Å². The number of piperidine rings is 1. The molecule has 5 nitrogen and oxygen atoms in total. The van der Waals surface area contributed by atoms with Crippen LogP contribution in [0.5, 0.6) is 0 Å². The van der Waals surface area contributed by atoms with Gasteiger partial charge in [0.1, 0.15) is 23.2 Å². The molecule has 2 N–H and O–H groups in total. The highest BCUT2D eigenvalue weighted by Crippen LogP contribution is 2.43. The van der Waals surface area contributed by atoms with Gasteiger partial charge in [-0.15, -0.1) is 0 Å². The molecule has 0 aliphatic carbocycles. The Hall–Kier alpha value is -1.56. The second-order valence-electron chi connectivity index (χ2n) is 5.48. The van der Waals surface area contributed by atoms with Gasteiger partial charge in [-0.25, -0.2) is 0 Å². The lowest BCUT2D eigenvalue weighted by atomic mass is 9.75. The van der Waals surface area contributed by atoms with Gasteiger partial charge in [-0.2, -0.15) is 0 Å². The first-order chi connectivity index (χ1) is 9.61. The van der Waals surface area contributed by atoms with Gasteiger partial charge in [0.2, 0.25) is 0 Å². The first-order valence-electron chi connectivity index (χ1n) is 6.77. The minimum atomic E-state index is -1.18. The highest BCUT2D eigenvalue weighted by Gasteiger charge is 2.48. The number of rotatable bonds is 3. The van der Waals surface area contributed by atoms with Crippen LogP contribution in [0.3, 0.4) is 0 Å². The van der Waals surface area contributed by atoms with Gasteiger partial charge in [-0.05, 0) is 37.7 Å². The smallest absolute Gasteiger partial charge is 0.135 e. The summed E-state index contributed by atoms with van der Waals surface area (Å²) in [5.41, 5.74) is -1.18. The number of aliphatic hydroxyl groups excluding tert-OH is 1. The molecule has 3 rings (SSSR count). The third-order valence-electron chi connectivity index (χ3n) is 4.16. The SMILES string of the molecule is CN1CC[C@](O)(c2ccco2)[C@H]([C@@H](O)c2ccco2)C1. The molecule has 0 aromatic carbocycles. The average Bonchev–Trinajstić information content (AvgIpc) is 3.13. The molecule has 3 atom stereocenters. The highest BCUT2D eigenvalue weighted by molar-refractivity contribution is 5.17. The van der Waals surface area contributed by atoms with Gasteiger partial charge in [0, 0.05) is 19.0 Å². The van der Waals surface area contributed by atoms with E-state index in [9.17, 15) is 10.2 Å². The minimum absolute atomic E-state index is 0.404. The largest absolute Gasteiger partial charge is 0.467 e. The van der Waals surface area contributed by atoms with E-state index in [1.165, 1.54) is 6.26 Å². The Kier molecular flexibility index (Phi) is 3.41. The number of aliphatic hydroxyl groups is 2. The summed E-state index contributed by atoms with van der Waals surface area (Å²) in [4.78, 5) is 2.09. The van der Waals surface area contributed by atoms with Crippen LogP contribution in [0.4, 0.5) is 0 Å². The fraction of sp³-hybridized carbons (Fsp3) is 0.467. The molecule has 0 bridgehead atoms. The molecule has 0 amide bonds. The number of hydrogen-bond acceptors (Lipinski definition) is 5. The highest BCUT2D eigenvalue weighted by atomic mass is 16.4. The molecule has 3 heterocycles. The Morgan fingerprint density at radius 1 is 1.30 bits per heavy atom. The van der Waals surface area contributed by atoms with Gasteiger partial charge in [-0.1, -0.05) is 0 Å². The lowest BCUT2D eigenvalue weighted by molar-refractivity contribution is -0.133. The van der Waals surface area contributed by atoms with E-state index in [0.29, 0.717) is 24.5 Å². The fourth-order valence-electron chi connectivity index (χ4n) is 2.97. The quantitative estimate of drug-likeness (QED) is 0.894. The molecule has 0 radical (unpaired) electrons. The average molecular weight is 277 g/mol. The Morgan fingerprint density at radius 3 is 2.70 bits per heavy atom. The summed E-state index contributed by atoms with van der Waals surface area (Å²) in [6, 6.07) is 6.97. The first kappa shape index (κ1) is 13.4. The Bertz CT molecular complexity index is 536. The second-order valence-corrected chi connectivity index (χ2v) is 5.48. The molecule has 20 heavy (non-hydrogen) atoms. The molecule has 0 unspecified atom stereocenters. The molecule has 2 aromatic rings. The summed E-state index contributed by atoms with van der Waals surface area (Å²) in [5.74, 6) is 0.565. The lowest BCUT2D eigenvalue weighted by Gasteiger charge is -2.43. The number of furan rings is 2. The standard InChI is InChI=1S/C15H19NO4/c1-16-7-6-15(18,13-5-3-9-20-13)11(10-16)14(17)12-4-2-8-19-12/h2-5,8-9,11,14,17-18H,6-7,10H2,1H3/t11-,14+,15+/m0/s1. The molecule has 1 aliphatic heterocycles. The molecule has 0 saturated carbocycles. The monoisotopic (exact) mass is 277 g/mol. The Morgan fingerprint density at radius 2 is 2.05 bits per heavy atom. The van der Waals surface area contributed by atoms with Crippen LogP contribution in [0.1, 0.15) is 24.0 Å². The topological polar surface area (TPSA) is 70.0 Å². The summed E-state index contributed by atoms with van der Waals surface area (Å²) >= 11 is 0. The predicted octanol–water partition coefficient (Wildman–Crippen LogP) is 1.75. The van der Waals surface area contributed by atoms with E-state index in [4.69, 9.17) is 8.83 Å². The van der Waals surface area contributed by atoms with Crippen LogP contribution in [-0.2, 0) is 5.60 Å². The first-order valence-corrected chi connectivity index (χ1v) is 6.77. The third kappa shape index (κ3) is 2.18. The lowest BCUT2D eigenvalue weighted by Crippen LogP contribution is -2.50. The molecule has 0 spiro atoms. The molecule has 1 saturated heterocycles. The molecule has 1 fully saturated rings. The van der Waals surface area contributed by atoms with Gasteiger partial charge in [-0.3, -0.25) is 0 Å². The minimum Gasteiger partial charge on any atom is -0.467 e. The molecular weight excluding hydrogens is 258 g/mol. The molecule has 2 aromatic heterocycles. The van der Waals surface area contributed by atoms with Crippen molar-refractivity contribution in [3.63, 3.8) is 0 Å². The molecule has 108 valence electrons. The van der Waals surface area contributed by atoms with Crippen molar-refractivity contribution in [3.8, 4) is 0 Å². The summed E-state index contributed by atoms with van der Waals surface area (Å²) in [6.45, 7) is 1.32. The maximum absolute atomic E-state index is 11.1. The van der Waals surface area contributed by atoms with Gasteiger partial charge in [0.25, 0.3) is 0 Å². The van der Waals surface area contributed by atoms with E-state index in [-0.39, 0.29) is 0 Å². The van der Waals surface area contributed by atoms with Crippen LogP contribution >= 0.6 is 0 Å². The van der Waals surface area contributed by atoms with E-state index in [1.807, 2.05) is 7.05 Å². The van der Waals surface area contributed by atoms with E-state index in [0.717, 1.165) is 6.54 Å². The maximum Gasteiger partial charge on any atom is 0.135 e. The number of nitrogens with zero attached hydrogens (tertiary/aromatic N) is 1. The van der Waals surface area contributed by atoms with Crippen molar-refractivity contribution in [2.24, 2.45) is 5.92 Å². The van der Waals surface area contributed by atoms with Crippen LogP contribution in [0.15, 0.2) is 45.6 Å². The zero-order chi connectivity index (χ0) is 14.2. The van der Waals surface area contributed by atoms with Gasteiger partial charge in [0.05, 0.1) is 12.5 Å². The normalized spacial score (nSPS) is 29.4. The zero-order valence-electron chi connectivity index (χ0n) is 11.4.